The lowest BCUT2D eigenvalue weighted by atomic mass is 9.99. The van der Waals surface area contributed by atoms with Crippen LogP contribution in [-0.2, 0) is 0 Å². The minimum Gasteiger partial charge on any atom is -0.436 e. The van der Waals surface area contributed by atoms with E-state index in [0.717, 1.165) is 77.4 Å². The molecule has 6 nitrogen and oxygen atoms in total. The van der Waals surface area contributed by atoms with Gasteiger partial charge in [0.05, 0.1) is 16.6 Å². The Bertz CT molecular complexity index is 3150. The highest BCUT2D eigenvalue weighted by molar-refractivity contribution is 6.13. The lowest BCUT2D eigenvalue weighted by Crippen LogP contribution is -2.00. The number of para-hydroxylation sites is 4. The third-order valence-corrected chi connectivity index (χ3v) is 10.5. The van der Waals surface area contributed by atoms with Gasteiger partial charge in [-0.3, -0.25) is 0 Å². The fourth-order valence-electron chi connectivity index (χ4n) is 7.75. The Labute approximate surface area is 322 Å². The van der Waals surface area contributed by atoms with Crippen LogP contribution in [0, 0.1) is 0 Å². The van der Waals surface area contributed by atoms with Crippen LogP contribution in [0.2, 0.25) is 0 Å². The fraction of sp³-hybridized carbons (Fsp3) is 0. The predicted molar refractivity (Wildman–Crippen MR) is 226 cm³/mol. The van der Waals surface area contributed by atoms with Gasteiger partial charge in [-0.25, -0.2) is 19.9 Å². The minimum atomic E-state index is 0.612. The molecule has 0 saturated heterocycles. The molecular formula is C50H31N5O. The second-order valence-corrected chi connectivity index (χ2v) is 13.9. The van der Waals surface area contributed by atoms with Crippen molar-refractivity contribution in [3.05, 3.63) is 188 Å². The highest BCUT2D eigenvalue weighted by Gasteiger charge is 2.19. The molecule has 0 N–H and O–H groups in total. The number of fused-ring (bicyclic) bond motifs is 5. The first-order chi connectivity index (χ1) is 27.7. The zero-order valence-electron chi connectivity index (χ0n) is 30.0. The summed E-state index contributed by atoms with van der Waals surface area (Å²) in [6.07, 6.45) is 0. The molecule has 0 amide bonds. The van der Waals surface area contributed by atoms with Gasteiger partial charge in [-0.05, 0) is 70.4 Å². The van der Waals surface area contributed by atoms with E-state index in [0.29, 0.717) is 23.4 Å². The molecule has 3 heterocycles. The molecule has 3 aromatic heterocycles. The largest absolute Gasteiger partial charge is 0.436 e. The molecule has 0 bridgehead atoms. The number of hydrogen-bond donors (Lipinski definition) is 0. The molecule has 8 aromatic carbocycles. The SMILES string of the molecule is c1ccc(-c2nc(-c3ccccc3)nc(-c3ccc4cc(-c5ccc(-n6c7ccccc7c7cccc(-c8nc9ccccc9o8)c76)cc5)ccc4c3)n2)cc1. The summed E-state index contributed by atoms with van der Waals surface area (Å²) in [6, 6.07) is 64.8. The molecule has 0 spiro atoms. The van der Waals surface area contributed by atoms with Crippen LogP contribution in [0.15, 0.2) is 192 Å². The number of aromatic nitrogens is 5. The summed E-state index contributed by atoms with van der Waals surface area (Å²) in [5.41, 5.74) is 11.0. The summed E-state index contributed by atoms with van der Waals surface area (Å²) in [5.74, 6) is 2.55. The Morgan fingerprint density at radius 3 is 1.68 bits per heavy atom. The van der Waals surface area contributed by atoms with Crippen LogP contribution >= 0.6 is 0 Å². The maximum Gasteiger partial charge on any atom is 0.229 e. The monoisotopic (exact) mass is 717 g/mol. The molecule has 0 fully saturated rings. The summed E-state index contributed by atoms with van der Waals surface area (Å²) in [4.78, 5) is 19.6. The second kappa shape index (κ2) is 13.0. The van der Waals surface area contributed by atoms with Gasteiger partial charge in [0.15, 0.2) is 23.1 Å². The standard InChI is InChI=1S/C50H31N5O/c1-3-12-33(13-4-1)47-52-48(34-14-5-2-6-15-34)54-49(53-47)38-25-24-36-30-35(22-23-37(36)31-38)32-26-28-39(29-27-32)55-44-20-9-7-16-40(44)41-17-11-18-42(46(41)55)50-51-43-19-8-10-21-45(43)56-50/h1-31H. The summed E-state index contributed by atoms with van der Waals surface area (Å²) in [5, 5.41) is 4.59. The zero-order valence-corrected chi connectivity index (χ0v) is 30.0. The van der Waals surface area contributed by atoms with Crippen LogP contribution in [0.1, 0.15) is 0 Å². The first-order valence-corrected chi connectivity index (χ1v) is 18.6. The first-order valence-electron chi connectivity index (χ1n) is 18.6. The van der Waals surface area contributed by atoms with Gasteiger partial charge in [0.2, 0.25) is 5.89 Å². The van der Waals surface area contributed by atoms with Gasteiger partial charge in [-0.2, -0.15) is 0 Å². The van der Waals surface area contributed by atoms with Crippen molar-refractivity contribution >= 4 is 43.7 Å². The Hall–Kier alpha value is -7.70. The highest BCUT2D eigenvalue weighted by atomic mass is 16.3. The van der Waals surface area contributed by atoms with Gasteiger partial charge in [0, 0.05) is 33.2 Å². The maximum absolute atomic E-state index is 6.31. The average Bonchev–Trinajstić information content (AvgIpc) is 3.86. The van der Waals surface area contributed by atoms with E-state index >= 15 is 0 Å². The number of rotatable bonds is 6. The van der Waals surface area contributed by atoms with Crippen LogP contribution in [0.25, 0.3) is 106 Å². The second-order valence-electron chi connectivity index (χ2n) is 13.9. The summed E-state index contributed by atoms with van der Waals surface area (Å²) >= 11 is 0. The van der Waals surface area contributed by atoms with Crippen molar-refractivity contribution in [1.82, 2.24) is 24.5 Å². The van der Waals surface area contributed by atoms with Crippen LogP contribution in [0.5, 0.6) is 0 Å². The quantitative estimate of drug-likeness (QED) is 0.171. The van der Waals surface area contributed by atoms with Crippen LogP contribution in [0.3, 0.4) is 0 Å². The molecule has 11 aromatic rings. The van der Waals surface area contributed by atoms with Gasteiger partial charge in [-0.15, -0.1) is 0 Å². The van der Waals surface area contributed by atoms with Gasteiger partial charge in [-0.1, -0.05) is 140 Å². The lowest BCUT2D eigenvalue weighted by Gasteiger charge is -2.12. The van der Waals surface area contributed by atoms with Crippen molar-refractivity contribution in [2.75, 3.05) is 0 Å². The van der Waals surface area contributed by atoms with Gasteiger partial charge in [0.1, 0.15) is 5.52 Å². The van der Waals surface area contributed by atoms with E-state index in [1.807, 2.05) is 84.9 Å². The molecule has 0 unspecified atom stereocenters. The predicted octanol–water partition coefficient (Wildman–Crippen LogP) is 12.6. The Kier molecular flexibility index (Phi) is 7.38. The number of hydrogen-bond acceptors (Lipinski definition) is 5. The van der Waals surface area contributed by atoms with Gasteiger partial charge < -0.3 is 8.98 Å². The Morgan fingerprint density at radius 2 is 0.964 bits per heavy atom. The van der Waals surface area contributed by atoms with E-state index in [1.165, 1.54) is 5.39 Å². The Balaban J connectivity index is 0.964. The molecule has 56 heavy (non-hydrogen) atoms. The van der Waals surface area contributed by atoms with E-state index in [1.54, 1.807) is 0 Å². The number of oxazole rings is 1. The molecular weight excluding hydrogens is 687 g/mol. The highest BCUT2D eigenvalue weighted by Crippen LogP contribution is 2.39. The van der Waals surface area contributed by atoms with Gasteiger partial charge >= 0.3 is 0 Å². The average molecular weight is 718 g/mol. The van der Waals surface area contributed by atoms with E-state index in [4.69, 9.17) is 24.4 Å². The molecule has 262 valence electrons. The first kappa shape index (κ1) is 31.8. The van der Waals surface area contributed by atoms with E-state index in [9.17, 15) is 0 Å². The van der Waals surface area contributed by atoms with Crippen molar-refractivity contribution in [2.45, 2.75) is 0 Å². The number of benzene rings is 8. The fourth-order valence-corrected chi connectivity index (χ4v) is 7.75. The molecule has 0 radical (unpaired) electrons. The van der Waals surface area contributed by atoms with Crippen molar-refractivity contribution in [3.8, 4) is 62.4 Å². The zero-order chi connectivity index (χ0) is 37.0. The van der Waals surface area contributed by atoms with Crippen molar-refractivity contribution in [2.24, 2.45) is 0 Å². The topological polar surface area (TPSA) is 69.6 Å². The summed E-state index contributed by atoms with van der Waals surface area (Å²) in [7, 11) is 0. The third kappa shape index (κ3) is 5.43. The van der Waals surface area contributed by atoms with Gasteiger partial charge in [0.25, 0.3) is 0 Å². The van der Waals surface area contributed by atoms with Crippen molar-refractivity contribution in [1.29, 1.82) is 0 Å². The van der Waals surface area contributed by atoms with E-state index in [2.05, 4.69) is 108 Å². The summed E-state index contributed by atoms with van der Waals surface area (Å²) in [6.45, 7) is 0. The molecule has 6 heteroatoms. The number of nitrogens with zero attached hydrogens (tertiary/aromatic N) is 5. The van der Waals surface area contributed by atoms with Crippen molar-refractivity contribution < 1.29 is 4.42 Å². The van der Waals surface area contributed by atoms with Crippen molar-refractivity contribution in [3.63, 3.8) is 0 Å². The molecule has 0 aliphatic rings. The van der Waals surface area contributed by atoms with E-state index < -0.39 is 0 Å². The minimum absolute atomic E-state index is 0.612. The Morgan fingerprint density at radius 1 is 0.393 bits per heavy atom. The van der Waals surface area contributed by atoms with Crippen LogP contribution in [-0.4, -0.2) is 24.5 Å². The normalized spacial score (nSPS) is 11.6. The molecule has 0 atom stereocenters. The summed E-state index contributed by atoms with van der Waals surface area (Å²) < 4.78 is 8.63. The molecule has 11 rings (SSSR count). The molecule has 0 saturated carbocycles. The lowest BCUT2D eigenvalue weighted by molar-refractivity contribution is 0.620. The third-order valence-electron chi connectivity index (χ3n) is 10.5. The maximum atomic E-state index is 6.31. The van der Waals surface area contributed by atoms with Crippen LogP contribution in [0.4, 0.5) is 0 Å². The smallest absolute Gasteiger partial charge is 0.229 e. The van der Waals surface area contributed by atoms with Crippen LogP contribution < -0.4 is 0 Å². The van der Waals surface area contributed by atoms with E-state index in [-0.39, 0.29) is 0 Å². The molecule has 0 aliphatic carbocycles. The molecule has 0 aliphatic heterocycles.